The van der Waals surface area contributed by atoms with E-state index in [0.717, 1.165) is 5.33 Å². The average Bonchev–Trinajstić information content (AvgIpc) is 2.29. The van der Waals surface area contributed by atoms with Crippen molar-refractivity contribution in [3.05, 3.63) is 29.3 Å². The number of phenols is 1. The van der Waals surface area contributed by atoms with Crippen LogP contribution in [0.4, 0.5) is 0 Å². The molecule has 0 aliphatic heterocycles. The first-order chi connectivity index (χ1) is 7.56. The van der Waals surface area contributed by atoms with Gasteiger partial charge in [-0.3, -0.25) is 4.79 Å². The van der Waals surface area contributed by atoms with Gasteiger partial charge in [0.2, 0.25) is 0 Å². The number of hydrogen-bond acceptors (Lipinski definition) is 2. The normalized spacial score (nSPS) is 12.2. The van der Waals surface area contributed by atoms with Crippen molar-refractivity contribution in [2.45, 2.75) is 13.8 Å². The summed E-state index contributed by atoms with van der Waals surface area (Å²) in [5, 5.41) is 13.2. The van der Waals surface area contributed by atoms with Crippen molar-refractivity contribution in [1.82, 2.24) is 5.32 Å². The fourth-order valence-electron chi connectivity index (χ4n) is 1.29. The van der Waals surface area contributed by atoms with Gasteiger partial charge >= 0.3 is 0 Å². The highest BCUT2D eigenvalue weighted by Crippen LogP contribution is 2.19. The highest BCUT2D eigenvalue weighted by Gasteiger charge is 2.11. The first kappa shape index (κ1) is 13.0. The van der Waals surface area contributed by atoms with E-state index in [-0.39, 0.29) is 11.7 Å². The predicted octanol–water partition coefficient (Wildman–Crippen LogP) is 2.46. The van der Waals surface area contributed by atoms with Crippen molar-refractivity contribution in [3.63, 3.8) is 0 Å². The minimum Gasteiger partial charge on any atom is -0.508 e. The molecule has 0 aliphatic carbocycles. The monoisotopic (exact) mass is 285 g/mol. The molecule has 0 saturated heterocycles. The Balaban J connectivity index is 2.70. The summed E-state index contributed by atoms with van der Waals surface area (Å²) in [5.74, 6) is 0.406. The third-order valence-electron chi connectivity index (χ3n) is 2.42. The van der Waals surface area contributed by atoms with Gasteiger partial charge in [-0.2, -0.15) is 0 Å². The second-order valence-electron chi connectivity index (χ2n) is 3.92. The van der Waals surface area contributed by atoms with Crippen LogP contribution in [0.3, 0.4) is 0 Å². The van der Waals surface area contributed by atoms with E-state index >= 15 is 0 Å². The van der Waals surface area contributed by atoms with E-state index in [4.69, 9.17) is 0 Å². The van der Waals surface area contributed by atoms with Gasteiger partial charge in [0.05, 0.1) is 0 Å². The number of halogens is 1. The quantitative estimate of drug-likeness (QED) is 0.835. The number of aromatic hydroxyl groups is 1. The van der Waals surface area contributed by atoms with E-state index in [1.165, 1.54) is 0 Å². The number of phenolic OH excluding ortho intramolecular Hbond substituents is 1. The second kappa shape index (κ2) is 5.89. The molecule has 0 heterocycles. The highest BCUT2D eigenvalue weighted by molar-refractivity contribution is 9.09. The topological polar surface area (TPSA) is 49.3 Å². The predicted molar refractivity (Wildman–Crippen MR) is 68.1 cm³/mol. The highest BCUT2D eigenvalue weighted by atomic mass is 79.9. The van der Waals surface area contributed by atoms with Crippen molar-refractivity contribution in [2.75, 3.05) is 11.9 Å². The van der Waals surface area contributed by atoms with Gasteiger partial charge in [0.25, 0.3) is 5.91 Å². The van der Waals surface area contributed by atoms with Crippen LogP contribution in [-0.2, 0) is 0 Å². The first-order valence-electron chi connectivity index (χ1n) is 5.19. The summed E-state index contributed by atoms with van der Waals surface area (Å²) < 4.78 is 0. The third kappa shape index (κ3) is 3.23. The Hall–Kier alpha value is -1.03. The summed E-state index contributed by atoms with van der Waals surface area (Å²) in [5.41, 5.74) is 1.15. The fraction of sp³-hybridized carbons (Fsp3) is 0.417. The van der Waals surface area contributed by atoms with E-state index in [0.29, 0.717) is 23.6 Å². The second-order valence-corrected chi connectivity index (χ2v) is 4.57. The summed E-state index contributed by atoms with van der Waals surface area (Å²) in [6, 6.07) is 4.96. The fourth-order valence-corrected chi connectivity index (χ4v) is 1.52. The molecule has 1 rings (SSSR count). The maximum absolute atomic E-state index is 11.8. The molecule has 0 bridgehead atoms. The van der Waals surface area contributed by atoms with Gasteiger partial charge in [0.1, 0.15) is 5.75 Å². The molecule has 2 N–H and O–H groups in total. The smallest absolute Gasteiger partial charge is 0.251 e. The number of carbonyl (C=O) groups is 1. The van der Waals surface area contributed by atoms with Gasteiger partial charge < -0.3 is 10.4 Å². The summed E-state index contributed by atoms with van der Waals surface area (Å²) in [7, 11) is 0. The molecule has 0 spiro atoms. The molecule has 1 unspecified atom stereocenters. The van der Waals surface area contributed by atoms with Crippen LogP contribution in [0.2, 0.25) is 0 Å². The lowest BCUT2D eigenvalue weighted by Crippen LogP contribution is -2.29. The zero-order chi connectivity index (χ0) is 12.1. The van der Waals surface area contributed by atoms with E-state index < -0.39 is 0 Å². The SMILES string of the molecule is Cc1c(O)cccc1C(=O)NCC(C)CBr. The molecule has 0 aliphatic rings. The number of amides is 1. The molecule has 0 fully saturated rings. The number of hydrogen-bond donors (Lipinski definition) is 2. The minimum atomic E-state index is -0.138. The number of rotatable bonds is 4. The van der Waals surface area contributed by atoms with Crippen molar-refractivity contribution in [2.24, 2.45) is 5.92 Å². The molecule has 1 aromatic carbocycles. The Labute approximate surface area is 104 Å². The van der Waals surface area contributed by atoms with Crippen LogP contribution in [0.15, 0.2) is 18.2 Å². The standard InChI is InChI=1S/C12H16BrNO2/c1-8(6-13)7-14-12(16)10-4-3-5-11(15)9(10)2/h3-5,8,15H,6-7H2,1-2H3,(H,14,16). The molecule has 1 atom stereocenters. The molecule has 1 aromatic rings. The van der Waals surface area contributed by atoms with E-state index in [9.17, 15) is 9.90 Å². The molecule has 1 amide bonds. The van der Waals surface area contributed by atoms with E-state index in [1.807, 2.05) is 6.92 Å². The molecule has 4 heteroatoms. The summed E-state index contributed by atoms with van der Waals surface area (Å²) in [6.07, 6.45) is 0. The van der Waals surface area contributed by atoms with Crippen LogP contribution in [0, 0.1) is 12.8 Å². The zero-order valence-electron chi connectivity index (χ0n) is 9.46. The molecule has 0 aromatic heterocycles. The lowest BCUT2D eigenvalue weighted by Gasteiger charge is -2.11. The Kier molecular flexibility index (Phi) is 4.80. The van der Waals surface area contributed by atoms with Crippen LogP contribution < -0.4 is 5.32 Å². The van der Waals surface area contributed by atoms with E-state index in [2.05, 4.69) is 21.2 Å². The van der Waals surface area contributed by atoms with Gasteiger partial charge in [-0.15, -0.1) is 0 Å². The summed E-state index contributed by atoms with van der Waals surface area (Å²) >= 11 is 3.36. The maximum Gasteiger partial charge on any atom is 0.251 e. The molecular formula is C12H16BrNO2. The molecule has 0 saturated carbocycles. The van der Waals surface area contributed by atoms with Gasteiger partial charge in [-0.05, 0) is 25.0 Å². The lowest BCUT2D eigenvalue weighted by atomic mass is 10.1. The average molecular weight is 286 g/mol. The van der Waals surface area contributed by atoms with E-state index in [1.54, 1.807) is 25.1 Å². The van der Waals surface area contributed by atoms with Crippen molar-refractivity contribution in [1.29, 1.82) is 0 Å². The summed E-state index contributed by atoms with van der Waals surface area (Å²) in [4.78, 5) is 11.8. The third-order valence-corrected chi connectivity index (χ3v) is 3.53. The Bertz CT molecular complexity index is 379. The number of nitrogens with one attached hydrogen (secondary N) is 1. The van der Waals surface area contributed by atoms with Crippen LogP contribution in [0.5, 0.6) is 5.75 Å². The molecule has 16 heavy (non-hydrogen) atoms. The number of alkyl halides is 1. The van der Waals surface area contributed by atoms with Crippen LogP contribution in [-0.4, -0.2) is 22.9 Å². The summed E-state index contributed by atoms with van der Waals surface area (Å²) in [6.45, 7) is 4.40. The zero-order valence-corrected chi connectivity index (χ0v) is 11.0. The largest absolute Gasteiger partial charge is 0.508 e. The van der Waals surface area contributed by atoms with Gasteiger partial charge in [0, 0.05) is 23.0 Å². The minimum absolute atomic E-state index is 0.138. The van der Waals surface area contributed by atoms with Crippen molar-refractivity contribution >= 4 is 21.8 Å². The van der Waals surface area contributed by atoms with Crippen LogP contribution in [0.25, 0.3) is 0 Å². The number of carbonyl (C=O) groups excluding carboxylic acids is 1. The van der Waals surface area contributed by atoms with Crippen LogP contribution >= 0.6 is 15.9 Å². The van der Waals surface area contributed by atoms with Crippen molar-refractivity contribution in [3.8, 4) is 5.75 Å². The van der Waals surface area contributed by atoms with Crippen LogP contribution in [0.1, 0.15) is 22.8 Å². The molecule has 3 nitrogen and oxygen atoms in total. The van der Waals surface area contributed by atoms with Gasteiger partial charge in [-0.1, -0.05) is 28.9 Å². The van der Waals surface area contributed by atoms with Crippen molar-refractivity contribution < 1.29 is 9.90 Å². The molecular weight excluding hydrogens is 270 g/mol. The number of benzene rings is 1. The maximum atomic E-state index is 11.8. The Morgan fingerprint density at radius 2 is 2.25 bits per heavy atom. The molecule has 0 radical (unpaired) electrons. The lowest BCUT2D eigenvalue weighted by molar-refractivity contribution is 0.0948. The molecule has 88 valence electrons. The van der Waals surface area contributed by atoms with Gasteiger partial charge in [-0.25, -0.2) is 0 Å². The first-order valence-corrected chi connectivity index (χ1v) is 6.31. The Morgan fingerprint density at radius 1 is 1.56 bits per heavy atom. The van der Waals surface area contributed by atoms with Gasteiger partial charge in [0.15, 0.2) is 0 Å². The Morgan fingerprint density at radius 3 is 2.88 bits per heavy atom.